The van der Waals surface area contributed by atoms with Crippen LogP contribution < -0.4 is 4.90 Å². The van der Waals surface area contributed by atoms with Gasteiger partial charge in [-0.05, 0) is 25.1 Å². The lowest BCUT2D eigenvalue weighted by molar-refractivity contribution is 0.896. The van der Waals surface area contributed by atoms with Crippen LogP contribution in [0.1, 0.15) is 12.8 Å². The standard InChI is InChI=1S/C10H13N5S2/c1-14-8(12-13-9(14)16)7-6-17-10(11-7)15-4-2-3-5-15/h6H,2-5H2,1H3,(H,13,16). The molecule has 0 aromatic carbocycles. The second-order valence-electron chi connectivity index (χ2n) is 4.12. The van der Waals surface area contributed by atoms with Crippen molar-refractivity contribution in [2.24, 2.45) is 7.05 Å². The van der Waals surface area contributed by atoms with Crippen LogP contribution >= 0.6 is 23.6 Å². The molecule has 7 heteroatoms. The molecule has 1 N–H and O–H groups in total. The molecule has 0 spiro atoms. The molecule has 0 saturated carbocycles. The third kappa shape index (κ3) is 1.89. The van der Waals surface area contributed by atoms with E-state index in [1.165, 1.54) is 12.8 Å². The van der Waals surface area contributed by atoms with Crippen LogP contribution in [0.2, 0.25) is 0 Å². The van der Waals surface area contributed by atoms with Crippen molar-refractivity contribution >= 4 is 28.7 Å². The highest BCUT2D eigenvalue weighted by Crippen LogP contribution is 2.28. The van der Waals surface area contributed by atoms with Gasteiger partial charge in [-0.2, -0.15) is 5.10 Å². The summed E-state index contributed by atoms with van der Waals surface area (Å²) < 4.78 is 2.47. The number of aromatic amines is 1. The van der Waals surface area contributed by atoms with Crippen LogP contribution in [0, 0.1) is 4.77 Å². The molecular weight excluding hydrogens is 254 g/mol. The highest BCUT2D eigenvalue weighted by atomic mass is 32.1. The lowest BCUT2D eigenvalue weighted by atomic mass is 10.4. The normalized spacial score (nSPS) is 15.7. The summed E-state index contributed by atoms with van der Waals surface area (Å²) in [6.45, 7) is 2.23. The summed E-state index contributed by atoms with van der Waals surface area (Å²) in [4.78, 5) is 6.96. The zero-order valence-electron chi connectivity index (χ0n) is 9.51. The smallest absolute Gasteiger partial charge is 0.195 e. The van der Waals surface area contributed by atoms with E-state index >= 15 is 0 Å². The molecule has 2 aromatic heterocycles. The van der Waals surface area contributed by atoms with Crippen LogP contribution in [-0.2, 0) is 7.05 Å². The van der Waals surface area contributed by atoms with Crippen molar-refractivity contribution in [1.82, 2.24) is 19.7 Å². The lowest BCUT2D eigenvalue weighted by Crippen LogP contribution is -2.17. The van der Waals surface area contributed by atoms with Gasteiger partial charge in [-0.3, -0.25) is 5.10 Å². The number of nitrogens with one attached hydrogen (secondary N) is 1. The number of anilines is 1. The minimum absolute atomic E-state index is 0.621. The minimum atomic E-state index is 0.621. The average Bonchev–Trinajstić information content (AvgIpc) is 3.01. The average molecular weight is 267 g/mol. The highest BCUT2D eigenvalue weighted by Gasteiger charge is 2.17. The van der Waals surface area contributed by atoms with Gasteiger partial charge in [0.25, 0.3) is 0 Å². The van der Waals surface area contributed by atoms with Crippen molar-refractivity contribution in [1.29, 1.82) is 0 Å². The second kappa shape index (κ2) is 4.23. The highest BCUT2D eigenvalue weighted by molar-refractivity contribution is 7.71. The fourth-order valence-corrected chi connectivity index (χ4v) is 2.99. The van der Waals surface area contributed by atoms with Crippen LogP contribution in [0.3, 0.4) is 0 Å². The molecule has 3 heterocycles. The largest absolute Gasteiger partial charge is 0.348 e. The van der Waals surface area contributed by atoms with Gasteiger partial charge in [0.1, 0.15) is 5.69 Å². The Morgan fingerprint density at radius 3 is 2.82 bits per heavy atom. The van der Waals surface area contributed by atoms with Gasteiger partial charge in [-0.1, -0.05) is 0 Å². The molecule has 0 atom stereocenters. The number of thiazole rings is 1. The maximum atomic E-state index is 5.10. The van der Waals surface area contributed by atoms with Gasteiger partial charge in [0.15, 0.2) is 15.7 Å². The number of nitrogens with zero attached hydrogens (tertiary/aromatic N) is 4. The van der Waals surface area contributed by atoms with E-state index in [9.17, 15) is 0 Å². The van der Waals surface area contributed by atoms with Gasteiger partial charge in [0, 0.05) is 25.5 Å². The van der Waals surface area contributed by atoms with Gasteiger partial charge < -0.3 is 9.47 Å². The van der Waals surface area contributed by atoms with Gasteiger partial charge in [-0.15, -0.1) is 11.3 Å². The van der Waals surface area contributed by atoms with Crippen molar-refractivity contribution in [3.8, 4) is 11.5 Å². The van der Waals surface area contributed by atoms with Crippen molar-refractivity contribution in [2.45, 2.75) is 12.8 Å². The zero-order valence-corrected chi connectivity index (χ0v) is 11.1. The van der Waals surface area contributed by atoms with Gasteiger partial charge in [-0.25, -0.2) is 4.98 Å². The number of rotatable bonds is 2. The van der Waals surface area contributed by atoms with Crippen LogP contribution in [0.4, 0.5) is 5.13 Å². The van der Waals surface area contributed by atoms with Gasteiger partial charge in [0.2, 0.25) is 0 Å². The van der Waals surface area contributed by atoms with E-state index in [1.54, 1.807) is 11.3 Å². The molecule has 90 valence electrons. The fourth-order valence-electron chi connectivity index (χ4n) is 2.00. The molecule has 0 bridgehead atoms. The predicted octanol–water partition coefficient (Wildman–Crippen LogP) is 2.20. The molecule has 1 aliphatic rings. The number of aromatic nitrogens is 4. The first-order chi connectivity index (χ1) is 8.25. The number of hydrogen-bond acceptors (Lipinski definition) is 5. The SMILES string of the molecule is Cn1c(-c2csc(N3CCCC3)n2)n[nH]c1=S. The maximum Gasteiger partial charge on any atom is 0.195 e. The molecule has 0 radical (unpaired) electrons. The molecule has 0 aliphatic carbocycles. The van der Waals surface area contributed by atoms with Crippen LogP contribution in [-0.4, -0.2) is 32.8 Å². The van der Waals surface area contributed by atoms with Gasteiger partial charge in [0.05, 0.1) is 0 Å². The quantitative estimate of drug-likeness (QED) is 0.848. The Morgan fingerprint density at radius 2 is 2.18 bits per heavy atom. The first-order valence-electron chi connectivity index (χ1n) is 5.58. The minimum Gasteiger partial charge on any atom is -0.348 e. The van der Waals surface area contributed by atoms with Crippen molar-refractivity contribution in [3.05, 3.63) is 10.2 Å². The Kier molecular flexibility index (Phi) is 2.71. The summed E-state index contributed by atoms with van der Waals surface area (Å²) in [6, 6.07) is 0. The summed E-state index contributed by atoms with van der Waals surface area (Å²) in [5, 5.41) is 10.1. The fraction of sp³-hybridized carbons (Fsp3) is 0.500. The Labute approximate surface area is 108 Å². The van der Waals surface area contributed by atoms with E-state index in [4.69, 9.17) is 12.2 Å². The maximum absolute atomic E-state index is 5.10. The molecule has 1 fully saturated rings. The van der Waals surface area contributed by atoms with E-state index in [0.717, 1.165) is 29.7 Å². The van der Waals surface area contributed by atoms with Crippen molar-refractivity contribution in [3.63, 3.8) is 0 Å². The molecule has 2 aromatic rings. The first-order valence-corrected chi connectivity index (χ1v) is 6.87. The summed E-state index contributed by atoms with van der Waals surface area (Å²) in [7, 11) is 1.90. The van der Waals surface area contributed by atoms with Crippen LogP contribution in [0.25, 0.3) is 11.5 Å². The Hall–Kier alpha value is -1.21. The molecule has 17 heavy (non-hydrogen) atoms. The molecule has 1 saturated heterocycles. The van der Waals surface area contributed by atoms with E-state index in [2.05, 4.69) is 20.1 Å². The molecule has 0 unspecified atom stereocenters. The summed E-state index contributed by atoms with van der Waals surface area (Å²) in [5.74, 6) is 0.802. The lowest BCUT2D eigenvalue weighted by Gasteiger charge is -2.12. The third-order valence-corrected chi connectivity index (χ3v) is 4.24. The zero-order chi connectivity index (χ0) is 11.8. The topological polar surface area (TPSA) is 49.7 Å². The summed E-state index contributed by atoms with van der Waals surface area (Å²) in [6.07, 6.45) is 2.53. The number of H-pyrrole nitrogens is 1. The van der Waals surface area contributed by atoms with Crippen LogP contribution in [0.15, 0.2) is 5.38 Å². The molecular formula is C10H13N5S2. The molecule has 5 nitrogen and oxygen atoms in total. The van der Waals surface area contributed by atoms with E-state index < -0.39 is 0 Å². The first kappa shape index (κ1) is 10.9. The second-order valence-corrected chi connectivity index (χ2v) is 5.34. The molecule has 0 amide bonds. The Morgan fingerprint density at radius 1 is 1.41 bits per heavy atom. The van der Waals surface area contributed by atoms with E-state index in [-0.39, 0.29) is 0 Å². The van der Waals surface area contributed by atoms with E-state index in [1.807, 2.05) is 17.0 Å². The summed E-state index contributed by atoms with van der Waals surface area (Å²) >= 11 is 6.77. The van der Waals surface area contributed by atoms with Crippen LogP contribution in [0.5, 0.6) is 0 Å². The monoisotopic (exact) mass is 267 g/mol. The van der Waals surface area contributed by atoms with Gasteiger partial charge >= 0.3 is 0 Å². The Bertz CT molecular complexity index is 576. The predicted molar refractivity (Wildman–Crippen MR) is 70.9 cm³/mol. The summed E-state index contributed by atoms with van der Waals surface area (Å²) in [5.41, 5.74) is 0.895. The Balaban J connectivity index is 1.94. The number of hydrogen-bond donors (Lipinski definition) is 1. The molecule has 3 rings (SSSR count). The van der Waals surface area contributed by atoms with Crippen molar-refractivity contribution < 1.29 is 0 Å². The third-order valence-electron chi connectivity index (χ3n) is 2.98. The van der Waals surface area contributed by atoms with Crippen molar-refractivity contribution in [2.75, 3.05) is 18.0 Å². The molecule has 1 aliphatic heterocycles. The van der Waals surface area contributed by atoms with E-state index in [0.29, 0.717) is 4.77 Å².